The van der Waals surface area contributed by atoms with Crippen LogP contribution in [-0.2, 0) is 23.8 Å². The number of ether oxygens (including phenoxy) is 4. The normalized spacial score (nSPS) is 18.5. The van der Waals surface area contributed by atoms with Crippen molar-refractivity contribution in [1.82, 2.24) is 0 Å². The second-order valence-corrected chi connectivity index (χ2v) is 7.55. The third-order valence-corrected chi connectivity index (χ3v) is 5.33. The molecule has 3 rings (SSSR count). The van der Waals surface area contributed by atoms with Gasteiger partial charge in [0.25, 0.3) is 0 Å². The number of hydrogen-bond acceptors (Lipinski definition) is 7. The minimum Gasteiger partial charge on any atom is -0.497 e. The number of esters is 3. The van der Waals surface area contributed by atoms with Crippen molar-refractivity contribution in [3.8, 4) is 5.75 Å². The van der Waals surface area contributed by atoms with Gasteiger partial charge >= 0.3 is 17.9 Å². The Morgan fingerprint density at radius 1 is 0.879 bits per heavy atom. The van der Waals surface area contributed by atoms with Crippen LogP contribution in [0, 0.1) is 11.8 Å². The van der Waals surface area contributed by atoms with Crippen molar-refractivity contribution in [2.24, 2.45) is 11.8 Å². The van der Waals surface area contributed by atoms with Gasteiger partial charge in [0.15, 0.2) is 0 Å². The topological polar surface area (TPSA) is 88.1 Å². The number of methoxy groups -OCH3 is 1. The first-order valence-electron chi connectivity index (χ1n) is 11.0. The molecule has 174 valence electrons. The molecule has 0 aliphatic heterocycles. The first kappa shape index (κ1) is 24.0. The van der Waals surface area contributed by atoms with E-state index in [1.165, 1.54) is 7.11 Å². The van der Waals surface area contributed by atoms with E-state index in [1.54, 1.807) is 43.3 Å². The van der Waals surface area contributed by atoms with Gasteiger partial charge in [0.2, 0.25) is 0 Å². The fraction of sp³-hybridized carbons (Fsp3) is 0.346. The van der Waals surface area contributed by atoms with Gasteiger partial charge in [-0.2, -0.15) is 0 Å². The van der Waals surface area contributed by atoms with E-state index in [9.17, 15) is 14.4 Å². The molecule has 0 aromatic heterocycles. The van der Waals surface area contributed by atoms with E-state index in [4.69, 9.17) is 14.2 Å². The van der Waals surface area contributed by atoms with E-state index < -0.39 is 11.9 Å². The molecule has 2 atom stereocenters. The Bertz CT molecular complexity index is 982. The second-order valence-electron chi connectivity index (χ2n) is 7.55. The standard InChI is InChI=1S/C26H28O7/c1-3-24(27)32-17-7-6-16-31-23-15-14-22(20-8-4-5-9-21(20)23)26(29)33-19-12-10-18(11-13-19)25(28)30-2/h4-5,8-15,20-21H,3,6-7,16-17H2,1-2H3. The smallest absolute Gasteiger partial charge is 0.340 e. The van der Waals surface area contributed by atoms with Gasteiger partial charge in [0.1, 0.15) is 11.5 Å². The van der Waals surface area contributed by atoms with Crippen LogP contribution in [0.5, 0.6) is 5.75 Å². The predicted octanol–water partition coefficient (Wildman–Crippen LogP) is 4.31. The van der Waals surface area contributed by atoms with Crippen molar-refractivity contribution >= 4 is 17.9 Å². The van der Waals surface area contributed by atoms with Gasteiger partial charge in [-0.3, -0.25) is 4.79 Å². The molecular formula is C26H28O7. The van der Waals surface area contributed by atoms with E-state index >= 15 is 0 Å². The van der Waals surface area contributed by atoms with E-state index in [2.05, 4.69) is 4.74 Å². The molecule has 0 heterocycles. The van der Waals surface area contributed by atoms with Crippen molar-refractivity contribution in [1.29, 1.82) is 0 Å². The lowest BCUT2D eigenvalue weighted by molar-refractivity contribution is -0.143. The zero-order chi connectivity index (χ0) is 23.6. The summed E-state index contributed by atoms with van der Waals surface area (Å²) >= 11 is 0. The van der Waals surface area contributed by atoms with Gasteiger partial charge in [-0.05, 0) is 49.3 Å². The summed E-state index contributed by atoms with van der Waals surface area (Å²) in [6.07, 6.45) is 13.2. The maximum Gasteiger partial charge on any atom is 0.340 e. The molecule has 2 unspecified atom stereocenters. The van der Waals surface area contributed by atoms with Crippen LogP contribution >= 0.6 is 0 Å². The Labute approximate surface area is 193 Å². The van der Waals surface area contributed by atoms with Crippen LogP contribution < -0.4 is 4.74 Å². The molecule has 2 aliphatic rings. The Morgan fingerprint density at radius 2 is 1.58 bits per heavy atom. The van der Waals surface area contributed by atoms with Crippen LogP contribution in [0.4, 0.5) is 0 Å². The third-order valence-electron chi connectivity index (χ3n) is 5.33. The number of rotatable bonds is 10. The lowest BCUT2D eigenvalue weighted by Crippen LogP contribution is -2.27. The molecule has 0 saturated heterocycles. The molecule has 2 aliphatic carbocycles. The fourth-order valence-corrected chi connectivity index (χ4v) is 3.54. The van der Waals surface area contributed by atoms with Crippen LogP contribution in [0.2, 0.25) is 0 Å². The maximum absolute atomic E-state index is 12.9. The fourth-order valence-electron chi connectivity index (χ4n) is 3.54. The Kier molecular flexibility index (Phi) is 8.63. The van der Waals surface area contributed by atoms with Gasteiger partial charge in [-0.25, -0.2) is 9.59 Å². The lowest BCUT2D eigenvalue weighted by Gasteiger charge is -2.30. The summed E-state index contributed by atoms with van der Waals surface area (Å²) in [5.74, 6) is -0.269. The number of unbranched alkanes of at least 4 members (excludes halogenated alkanes) is 1. The first-order chi connectivity index (χ1) is 16.0. The van der Waals surface area contributed by atoms with Crippen molar-refractivity contribution in [3.05, 3.63) is 77.6 Å². The molecule has 0 amide bonds. The molecule has 7 nitrogen and oxygen atoms in total. The van der Waals surface area contributed by atoms with Crippen molar-refractivity contribution in [3.63, 3.8) is 0 Å². The van der Waals surface area contributed by atoms with Crippen molar-refractivity contribution < 1.29 is 33.3 Å². The van der Waals surface area contributed by atoms with Gasteiger partial charge in [0.05, 0.1) is 25.9 Å². The summed E-state index contributed by atoms with van der Waals surface area (Å²) in [5, 5.41) is 0. The molecule has 1 aromatic rings. The average Bonchev–Trinajstić information content (AvgIpc) is 2.85. The van der Waals surface area contributed by atoms with Crippen molar-refractivity contribution in [2.75, 3.05) is 20.3 Å². The third kappa shape index (κ3) is 6.44. The van der Waals surface area contributed by atoms with Crippen LogP contribution in [-0.4, -0.2) is 38.2 Å². The largest absolute Gasteiger partial charge is 0.497 e. The number of allylic oxidation sites excluding steroid dienone is 6. The van der Waals surface area contributed by atoms with Crippen LogP contribution in [0.25, 0.3) is 0 Å². The number of carbonyl (C=O) groups is 3. The highest BCUT2D eigenvalue weighted by atomic mass is 16.5. The highest BCUT2D eigenvalue weighted by Crippen LogP contribution is 2.37. The second kappa shape index (κ2) is 11.9. The van der Waals surface area contributed by atoms with Crippen molar-refractivity contribution in [2.45, 2.75) is 26.2 Å². The quantitative estimate of drug-likeness (QED) is 0.297. The van der Waals surface area contributed by atoms with E-state index in [1.807, 2.05) is 24.3 Å². The molecular weight excluding hydrogens is 424 g/mol. The van der Waals surface area contributed by atoms with Gasteiger partial charge < -0.3 is 18.9 Å². The average molecular weight is 453 g/mol. The summed E-state index contributed by atoms with van der Waals surface area (Å²) in [5.41, 5.74) is 0.902. The molecule has 0 bridgehead atoms. The van der Waals surface area contributed by atoms with Crippen LogP contribution in [0.15, 0.2) is 72.1 Å². The zero-order valence-corrected chi connectivity index (χ0v) is 18.8. The maximum atomic E-state index is 12.9. The highest BCUT2D eigenvalue weighted by Gasteiger charge is 2.33. The van der Waals surface area contributed by atoms with Gasteiger partial charge in [-0.1, -0.05) is 31.2 Å². The molecule has 0 radical (unpaired) electrons. The molecule has 0 fully saturated rings. The summed E-state index contributed by atoms with van der Waals surface area (Å²) in [6, 6.07) is 6.21. The number of benzene rings is 1. The van der Waals surface area contributed by atoms with E-state index in [-0.39, 0.29) is 17.8 Å². The minimum atomic E-state index is -0.455. The summed E-state index contributed by atoms with van der Waals surface area (Å²) in [7, 11) is 1.31. The summed E-state index contributed by atoms with van der Waals surface area (Å²) in [6.45, 7) is 2.65. The van der Waals surface area contributed by atoms with Gasteiger partial charge in [0, 0.05) is 23.8 Å². The monoisotopic (exact) mass is 452 g/mol. The first-order valence-corrected chi connectivity index (χ1v) is 11.0. The minimum absolute atomic E-state index is 0.0952. The Morgan fingerprint density at radius 3 is 2.27 bits per heavy atom. The molecule has 1 aromatic carbocycles. The van der Waals surface area contributed by atoms with E-state index in [0.29, 0.717) is 36.5 Å². The molecule has 0 saturated carbocycles. The molecule has 7 heteroatoms. The number of hydrogen-bond donors (Lipinski definition) is 0. The SMILES string of the molecule is CCC(=O)OCCCCOC1=CC=C(C(=O)Oc2ccc(C(=O)OC)cc2)C2C=CC=CC12. The summed E-state index contributed by atoms with van der Waals surface area (Å²) < 4.78 is 21.2. The van der Waals surface area contributed by atoms with Crippen LogP contribution in [0.1, 0.15) is 36.5 Å². The lowest BCUT2D eigenvalue weighted by atomic mass is 9.78. The van der Waals surface area contributed by atoms with Gasteiger partial charge in [-0.15, -0.1) is 0 Å². The molecule has 0 spiro atoms. The molecule has 33 heavy (non-hydrogen) atoms. The predicted molar refractivity (Wildman–Crippen MR) is 121 cm³/mol. The summed E-state index contributed by atoms with van der Waals surface area (Å²) in [4.78, 5) is 35.6. The highest BCUT2D eigenvalue weighted by molar-refractivity contribution is 5.93. The van der Waals surface area contributed by atoms with E-state index in [0.717, 1.165) is 18.6 Å². The Hall–Kier alpha value is -3.61. The zero-order valence-electron chi connectivity index (χ0n) is 18.8. The van der Waals surface area contributed by atoms with Crippen LogP contribution in [0.3, 0.4) is 0 Å². The Balaban J connectivity index is 1.59. The number of fused-ring (bicyclic) bond motifs is 1. The number of carbonyl (C=O) groups excluding carboxylic acids is 3. The molecule has 0 N–H and O–H groups in total.